The number of carbonyl (C=O) groups excluding carboxylic acids is 1. The number of carbonyl (C=O) groups is 1. The van der Waals surface area contributed by atoms with Crippen LogP contribution in [0.5, 0.6) is 5.75 Å². The number of hydrogen-bond donors (Lipinski definition) is 1. The zero-order valence-corrected chi connectivity index (χ0v) is 13.4. The van der Waals surface area contributed by atoms with Crippen LogP contribution in [0.25, 0.3) is 0 Å². The molecule has 1 aliphatic carbocycles. The first kappa shape index (κ1) is 15.3. The van der Waals surface area contributed by atoms with Crippen LogP contribution in [0.15, 0.2) is 24.3 Å². The van der Waals surface area contributed by atoms with E-state index in [9.17, 15) is 4.79 Å². The van der Waals surface area contributed by atoms with Crippen LogP contribution in [0.1, 0.15) is 38.2 Å². The summed E-state index contributed by atoms with van der Waals surface area (Å²) in [5, 5.41) is 3.04. The van der Waals surface area contributed by atoms with Gasteiger partial charge in [0.2, 0.25) is 5.91 Å². The summed E-state index contributed by atoms with van der Waals surface area (Å²) < 4.78 is 5.77. The van der Waals surface area contributed by atoms with Crippen molar-refractivity contribution >= 4 is 5.91 Å². The van der Waals surface area contributed by atoms with Gasteiger partial charge >= 0.3 is 0 Å². The van der Waals surface area contributed by atoms with Gasteiger partial charge in [-0.15, -0.1) is 0 Å². The van der Waals surface area contributed by atoms with Crippen molar-refractivity contribution in [3.63, 3.8) is 0 Å². The van der Waals surface area contributed by atoms with Crippen LogP contribution in [-0.2, 0) is 11.3 Å². The Balaban J connectivity index is 1.47. The molecule has 1 amide bonds. The number of nitrogens with zero attached hydrogens (tertiary/aromatic N) is 1. The summed E-state index contributed by atoms with van der Waals surface area (Å²) in [6, 6.07) is 8.77. The molecule has 4 heteroatoms. The second kappa shape index (κ2) is 7.14. The Kier molecular flexibility index (Phi) is 4.98. The second-order valence-corrected chi connectivity index (χ2v) is 6.67. The SMILES string of the molecule is CC(=O)N[C@@H]1CCCN(Cc2ccc(OCC3CC3)cc2)C1. The Morgan fingerprint density at radius 3 is 2.73 bits per heavy atom. The second-order valence-electron chi connectivity index (χ2n) is 6.67. The number of ether oxygens (including phenoxy) is 1. The van der Waals surface area contributed by atoms with Gasteiger partial charge in [0.25, 0.3) is 0 Å². The van der Waals surface area contributed by atoms with Crippen molar-refractivity contribution in [1.82, 2.24) is 10.2 Å². The number of benzene rings is 1. The molecule has 22 heavy (non-hydrogen) atoms. The average Bonchev–Trinajstić information content (AvgIpc) is 3.30. The van der Waals surface area contributed by atoms with Crippen molar-refractivity contribution in [3.05, 3.63) is 29.8 Å². The van der Waals surface area contributed by atoms with Gasteiger partial charge in [-0.2, -0.15) is 0 Å². The molecule has 1 aliphatic heterocycles. The highest BCUT2D eigenvalue weighted by Gasteiger charge is 2.22. The maximum atomic E-state index is 11.2. The van der Waals surface area contributed by atoms with Crippen LogP contribution in [-0.4, -0.2) is 36.5 Å². The molecule has 3 rings (SSSR count). The molecule has 1 N–H and O–H groups in total. The molecular weight excluding hydrogens is 276 g/mol. The lowest BCUT2D eigenvalue weighted by Crippen LogP contribution is -2.46. The van der Waals surface area contributed by atoms with E-state index >= 15 is 0 Å². The molecule has 1 saturated carbocycles. The van der Waals surface area contributed by atoms with Crippen molar-refractivity contribution in [2.24, 2.45) is 5.92 Å². The van der Waals surface area contributed by atoms with Gasteiger partial charge in [-0.1, -0.05) is 12.1 Å². The standard InChI is InChI=1S/C18H26N2O2/c1-14(21)19-17-3-2-10-20(12-17)11-15-6-8-18(9-7-15)22-13-16-4-5-16/h6-9,16-17H,2-5,10-13H2,1H3,(H,19,21)/t17-/m1/s1. The lowest BCUT2D eigenvalue weighted by Gasteiger charge is -2.33. The smallest absolute Gasteiger partial charge is 0.217 e. The maximum absolute atomic E-state index is 11.2. The van der Waals surface area contributed by atoms with Crippen LogP contribution in [0.4, 0.5) is 0 Å². The fourth-order valence-corrected chi connectivity index (χ4v) is 3.05. The lowest BCUT2D eigenvalue weighted by molar-refractivity contribution is -0.120. The largest absolute Gasteiger partial charge is 0.493 e. The van der Waals surface area contributed by atoms with E-state index in [1.807, 2.05) is 0 Å². The minimum Gasteiger partial charge on any atom is -0.493 e. The summed E-state index contributed by atoms with van der Waals surface area (Å²) in [4.78, 5) is 13.6. The molecule has 1 aromatic carbocycles. The first-order valence-corrected chi connectivity index (χ1v) is 8.40. The fraction of sp³-hybridized carbons (Fsp3) is 0.611. The van der Waals surface area contributed by atoms with Gasteiger partial charge in [0, 0.05) is 26.1 Å². The maximum Gasteiger partial charge on any atom is 0.217 e. The third-order valence-corrected chi connectivity index (χ3v) is 4.43. The highest BCUT2D eigenvalue weighted by Crippen LogP contribution is 2.29. The van der Waals surface area contributed by atoms with Gasteiger partial charge in [-0.3, -0.25) is 9.69 Å². The zero-order chi connectivity index (χ0) is 15.4. The molecule has 1 atom stereocenters. The summed E-state index contributed by atoms with van der Waals surface area (Å²) in [6.07, 6.45) is 4.88. The fourth-order valence-electron chi connectivity index (χ4n) is 3.05. The first-order valence-electron chi connectivity index (χ1n) is 8.40. The van der Waals surface area contributed by atoms with Crippen molar-refractivity contribution in [1.29, 1.82) is 0 Å². The van der Waals surface area contributed by atoms with Crippen molar-refractivity contribution < 1.29 is 9.53 Å². The third-order valence-electron chi connectivity index (χ3n) is 4.43. The molecule has 1 aromatic rings. The minimum atomic E-state index is 0.0732. The molecule has 2 aliphatic rings. The van der Waals surface area contributed by atoms with E-state index in [1.165, 1.54) is 18.4 Å². The van der Waals surface area contributed by atoms with E-state index in [0.29, 0.717) is 6.04 Å². The average molecular weight is 302 g/mol. The van der Waals surface area contributed by atoms with Crippen LogP contribution < -0.4 is 10.1 Å². The van der Waals surface area contributed by atoms with Crippen molar-refractivity contribution in [3.8, 4) is 5.75 Å². The number of piperidine rings is 1. The topological polar surface area (TPSA) is 41.6 Å². The van der Waals surface area contributed by atoms with Crippen molar-refractivity contribution in [2.45, 2.75) is 45.2 Å². The number of nitrogens with one attached hydrogen (secondary N) is 1. The first-order chi connectivity index (χ1) is 10.7. The Bertz CT molecular complexity index is 496. The predicted molar refractivity (Wildman–Crippen MR) is 86.8 cm³/mol. The molecule has 4 nitrogen and oxygen atoms in total. The molecule has 120 valence electrons. The molecule has 0 radical (unpaired) electrons. The van der Waals surface area contributed by atoms with E-state index < -0.39 is 0 Å². The zero-order valence-electron chi connectivity index (χ0n) is 13.4. The summed E-state index contributed by atoms with van der Waals surface area (Å²) in [7, 11) is 0. The van der Waals surface area contributed by atoms with E-state index in [-0.39, 0.29) is 5.91 Å². The van der Waals surface area contributed by atoms with Crippen molar-refractivity contribution in [2.75, 3.05) is 19.7 Å². The summed E-state index contributed by atoms with van der Waals surface area (Å²) >= 11 is 0. The predicted octanol–water partition coefficient (Wildman–Crippen LogP) is 2.58. The van der Waals surface area contributed by atoms with Gasteiger partial charge in [0.05, 0.1) is 6.61 Å². The van der Waals surface area contributed by atoms with E-state index in [4.69, 9.17) is 4.74 Å². The third kappa shape index (κ3) is 4.73. The number of amides is 1. The van der Waals surface area contributed by atoms with Crippen LogP contribution >= 0.6 is 0 Å². The number of rotatable bonds is 6. The van der Waals surface area contributed by atoms with Gasteiger partial charge in [0.15, 0.2) is 0 Å². The summed E-state index contributed by atoms with van der Waals surface area (Å²) in [5.74, 6) is 1.84. The molecule has 0 bridgehead atoms. The lowest BCUT2D eigenvalue weighted by atomic mass is 10.0. The van der Waals surface area contributed by atoms with Gasteiger partial charge in [0.1, 0.15) is 5.75 Å². The van der Waals surface area contributed by atoms with E-state index in [0.717, 1.165) is 50.8 Å². The Labute approximate surface area is 132 Å². The molecular formula is C18H26N2O2. The normalized spacial score (nSPS) is 22.3. The highest BCUT2D eigenvalue weighted by atomic mass is 16.5. The van der Waals surface area contributed by atoms with Crippen LogP contribution in [0.3, 0.4) is 0 Å². The Hall–Kier alpha value is -1.55. The van der Waals surface area contributed by atoms with Gasteiger partial charge in [-0.25, -0.2) is 0 Å². The molecule has 0 spiro atoms. The summed E-state index contributed by atoms with van der Waals surface area (Å²) in [5.41, 5.74) is 1.31. The van der Waals surface area contributed by atoms with E-state index in [1.54, 1.807) is 6.92 Å². The van der Waals surface area contributed by atoms with Crippen LogP contribution in [0, 0.1) is 5.92 Å². The van der Waals surface area contributed by atoms with Gasteiger partial charge < -0.3 is 10.1 Å². The molecule has 1 saturated heterocycles. The molecule has 1 heterocycles. The quantitative estimate of drug-likeness (QED) is 0.878. The van der Waals surface area contributed by atoms with Gasteiger partial charge in [-0.05, 0) is 55.8 Å². The Morgan fingerprint density at radius 2 is 2.05 bits per heavy atom. The Morgan fingerprint density at radius 1 is 1.27 bits per heavy atom. The number of likely N-dealkylation sites (tertiary alicyclic amines) is 1. The molecule has 2 fully saturated rings. The molecule has 0 unspecified atom stereocenters. The van der Waals surface area contributed by atoms with E-state index in [2.05, 4.69) is 34.5 Å². The minimum absolute atomic E-state index is 0.0732. The van der Waals surface area contributed by atoms with Crippen LogP contribution in [0.2, 0.25) is 0 Å². The summed E-state index contributed by atoms with van der Waals surface area (Å²) in [6.45, 7) is 5.46. The number of hydrogen-bond acceptors (Lipinski definition) is 3. The molecule has 0 aromatic heterocycles. The highest BCUT2D eigenvalue weighted by molar-refractivity contribution is 5.73. The monoisotopic (exact) mass is 302 g/mol.